The lowest BCUT2D eigenvalue weighted by molar-refractivity contribution is -0.128. The first-order valence-corrected chi connectivity index (χ1v) is 7.52. The highest BCUT2D eigenvalue weighted by molar-refractivity contribution is 6.06. The van der Waals surface area contributed by atoms with Crippen LogP contribution in [0.5, 0.6) is 0 Å². The minimum Gasteiger partial charge on any atom is -0.325 e. The molecule has 2 atom stereocenters. The van der Waals surface area contributed by atoms with Gasteiger partial charge in [-0.25, -0.2) is 5.01 Å². The minimum atomic E-state index is -0.742. The van der Waals surface area contributed by atoms with E-state index >= 15 is 0 Å². The van der Waals surface area contributed by atoms with Crippen LogP contribution < -0.4 is 10.7 Å². The van der Waals surface area contributed by atoms with E-state index in [4.69, 9.17) is 0 Å². The Labute approximate surface area is 128 Å². The molecule has 3 aliphatic rings. The van der Waals surface area contributed by atoms with Gasteiger partial charge in [0, 0.05) is 18.2 Å². The molecule has 112 valence electrons. The first-order valence-electron chi connectivity index (χ1n) is 7.52. The maximum Gasteiger partial charge on any atom is 0.237 e. The summed E-state index contributed by atoms with van der Waals surface area (Å²) >= 11 is 0. The number of fused-ring (bicyclic) bond motifs is 2. The van der Waals surface area contributed by atoms with E-state index in [9.17, 15) is 14.9 Å². The van der Waals surface area contributed by atoms with Crippen LogP contribution in [0.4, 0.5) is 5.69 Å². The lowest BCUT2D eigenvalue weighted by Gasteiger charge is -2.23. The third kappa shape index (κ3) is 1.82. The van der Waals surface area contributed by atoms with Crippen molar-refractivity contribution in [1.82, 2.24) is 10.4 Å². The maximum absolute atomic E-state index is 12.5. The number of carbonyl (C=O) groups excluding carboxylic acids is 2. The van der Waals surface area contributed by atoms with Crippen molar-refractivity contribution in [1.29, 1.82) is 5.26 Å². The molecule has 2 amide bonds. The van der Waals surface area contributed by atoms with Crippen LogP contribution in [0.2, 0.25) is 0 Å². The number of nitrogens with one attached hydrogen (secondary N) is 2. The largest absolute Gasteiger partial charge is 0.325 e. The molecule has 2 N–H and O–H groups in total. The van der Waals surface area contributed by atoms with Crippen molar-refractivity contribution in [2.24, 2.45) is 5.92 Å². The summed E-state index contributed by atoms with van der Waals surface area (Å²) in [6.07, 6.45) is 2.22. The molecule has 1 aromatic rings. The molecule has 0 unspecified atom stereocenters. The molecule has 22 heavy (non-hydrogen) atoms. The quantitative estimate of drug-likeness (QED) is 0.849. The number of hydrogen-bond donors (Lipinski definition) is 2. The lowest BCUT2D eigenvalue weighted by Crippen LogP contribution is -2.47. The van der Waals surface area contributed by atoms with Crippen LogP contribution in [-0.4, -0.2) is 29.4 Å². The highest BCUT2D eigenvalue weighted by Crippen LogP contribution is 2.45. The standard InChI is InChI=1S/C16H16N4O2/c17-8-11-7-16(9-20(11)19-14(21)10-5-6-10)12-3-1-2-4-13(12)18-15(16)22/h1-4,10-11H,5-7,9H2,(H,18,22)(H,19,21)/t11-,16-/m0/s1. The summed E-state index contributed by atoms with van der Waals surface area (Å²) in [6.45, 7) is 0.340. The Morgan fingerprint density at radius 2 is 2.18 bits per heavy atom. The van der Waals surface area contributed by atoms with E-state index in [2.05, 4.69) is 16.8 Å². The summed E-state index contributed by atoms with van der Waals surface area (Å²) in [4.78, 5) is 24.5. The number of carbonyl (C=O) groups is 2. The average molecular weight is 296 g/mol. The van der Waals surface area contributed by atoms with Crippen molar-refractivity contribution in [3.8, 4) is 6.07 Å². The third-order valence-corrected chi connectivity index (χ3v) is 4.83. The van der Waals surface area contributed by atoms with Gasteiger partial charge in [0.1, 0.15) is 6.04 Å². The van der Waals surface area contributed by atoms with Crippen LogP contribution >= 0.6 is 0 Å². The summed E-state index contributed by atoms with van der Waals surface area (Å²) < 4.78 is 0. The van der Waals surface area contributed by atoms with Crippen LogP contribution in [0, 0.1) is 17.2 Å². The van der Waals surface area contributed by atoms with E-state index in [0.29, 0.717) is 13.0 Å². The molecule has 2 heterocycles. The van der Waals surface area contributed by atoms with Crippen molar-refractivity contribution in [3.05, 3.63) is 29.8 Å². The summed E-state index contributed by atoms with van der Waals surface area (Å²) in [6, 6.07) is 9.29. The number of benzene rings is 1. The van der Waals surface area contributed by atoms with Crippen molar-refractivity contribution in [3.63, 3.8) is 0 Å². The Morgan fingerprint density at radius 3 is 2.91 bits per heavy atom. The molecule has 1 aliphatic carbocycles. The summed E-state index contributed by atoms with van der Waals surface area (Å²) in [5.41, 5.74) is 3.82. The van der Waals surface area contributed by atoms with E-state index in [-0.39, 0.29) is 17.7 Å². The molecule has 0 radical (unpaired) electrons. The van der Waals surface area contributed by atoms with Crippen molar-refractivity contribution in [2.45, 2.75) is 30.7 Å². The second-order valence-corrected chi connectivity index (χ2v) is 6.31. The summed E-state index contributed by atoms with van der Waals surface area (Å²) in [5, 5.41) is 13.9. The van der Waals surface area contributed by atoms with Gasteiger partial charge < -0.3 is 5.32 Å². The molecule has 0 aromatic heterocycles. The Kier molecular flexibility index (Phi) is 2.75. The van der Waals surface area contributed by atoms with Crippen molar-refractivity contribution < 1.29 is 9.59 Å². The Morgan fingerprint density at radius 1 is 1.41 bits per heavy atom. The van der Waals surface area contributed by atoms with Gasteiger partial charge in [-0.15, -0.1) is 0 Å². The van der Waals surface area contributed by atoms with Gasteiger partial charge in [0.2, 0.25) is 11.8 Å². The van der Waals surface area contributed by atoms with Crippen LogP contribution in [0.15, 0.2) is 24.3 Å². The van der Waals surface area contributed by atoms with Crippen LogP contribution in [0.25, 0.3) is 0 Å². The van der Waals surface area contributed by atoms with E-state index < -0.39 is 11.5 Å². The van der Waals surface area contributed by atoms with Gasteiger partial charge in [-0.2, -0.15) is 5.26 Å². The van der Waals surface area contributed by atoms with Gasteiger partial charge in [0.25, 0.3) is 0 Å². The minimum absolute atomic E-state index is 0.0380. The number of rotatable bonds is 2. The lowest BCUT2D eigenvalue weighted by atomic mass is 9.80. The van der Waals surface area contributed by atoms with Gasteiger partial charge in [0.15, 0.2) is 0 Å². The molecule has 2 aliphatic heterocycles. The molecule has 6 nitrogen and oxygen atoms in total. The third-order valence-electron chi connectivity index (χ3n) is 4.83. The number of hydrazine groups is 1. The van der Waals surface area contributed by atoms with Crippen LogP contribution in [-0.2, 0) is 15.0 Å². The molecule has 1 saturated heterocycles. The van der Waals surface area contributed by atoms with E-state index in [0.717, 1.165) is 24.1 Å². The predicted octanol–water partition coefficient (Wildman–Crippen LogP) is 0.916. The molecular weight excluding hydrogens is 280 g/mol. The van der Waals surface area contributed by atoms with Crippen molar-refractivity contribution in [2.75, 3.05) is 11.9 Å². The molecular formula is C16H16N4O2. The van der Waals surface area contributed by atoms with E-state index in [1.807, 2.05) is 24.3 Å². The summed E-state index contributed by atoms with van der Waals surface area (Å²) in [5.74, 6) is -0.0540. The number of anilines is 1. The molecule has 6 heteroatoms. The highest BCUT2D eigenvalue weighted by atomic mass is 16.2. The van der Waals surface area contributed by atoms with Gasteiger partial charge in [-0.3, -0.25) is 15.0 Å². The van der Waals surface area contributed by atoms with Gasteiger partial charge in [-0.05, 0) is 30.9 Å². The fraction of sp³-hybridized carbons (Fsp3) is 0.438. The number of amides is 2. The normalized spacial score (nSPS) is 30.0. The number of para-hydroxylation sites is 1. The molecule has 2 fully saturated rings. The zero-order valence-corrected chi connectivity index (χ0v) is 12.0. The van der Waals surface area contributed by atoms with Gasteiger partial charge >= 0.3 is 0 Å². The zero-order chi connectivity index (χ0) is 15.3. The Balaban J connectivity index is 1.65. The highest BCUT2D eigenvalue weighted by Gasteiger charge is 2.55. The molecule has 0 bridgehead atoms. The van der Waals surface area contributed by atoms with Gasteiger partial charge in [-0.1, -0.05) is 18.2 Å². The van der Waals surface area contributed by atoms with Gasteiger partial charge in [0.05, 0.1) is 11.5 Å². The van der Waals surface area contributed by atoms with Crippen LogP contribution in [0.1, 0.15) is 24.8 Å². The first kappa shape index (κ1) is 13.3. The number of nitrogens with zero attached hydrogens (tertiary/aromatic N) is 2. The first-order chi connectivity index (χ1) is 10.6. The van der Waals surface area contributed by atoms with Crippen LogP contribution in [0.3, 0.4) is 0 Å². The molecule has 1 aromatic carbocycles. The SMILES string of the molecule is N#C[C@@H]1C[C@@]2(CN1NC(=O)C1CC1)C(=O)Nc1ccccc12. The number of hydrogen-bond acceptors (Lipinski definition) is 4. The molecule has 1 spiro atoms. The Bertz CT molecular complexity index is 706. The van der Waals surface area contributed by atoms with E-state index in [1.165, 1.54) is 0 Å². The fourth-order valence-corrected chi connectivity index (χ4v) is 3.45. The topological polar surface area (TPSA) is 85.2 Å². The zero-order valence-electron chi connectivity index (χ0n) is 12.0. The predicted molar refractivity (Wildman–Crippen MR) is 78.3 cm³/mol. The number of nitriles is 1. The summed E-state index contributed by atoms with van der Waals surface area (Å²) in [7, 11) is 0. The Hall–Kier alpha value is -2.39. The second kappa shape index (κ2) is 4.55. The molecule has 1 saturated carbocycles. The smallest absolute Gasteiger partial charge is 0.237 e. The monoisotopic (exact) mass is 296 g/mol. The van der Waals surface area contributed by atoms with E-state index in [1.54, 1.807) is 5.01 Å². The van der Waals surface area contributed by atoms with Crippen molar-refractivity contribution >= 4 is 17.5 Å². The maximum atomic E-state index is 12.5. The second-order valence-electron chi connectivity index (χ2n) is 6.31. The average Bonchev–Trinajstić information content (AvgIpc) is 3.26. The molecule has 4 rings (SSSR count). The fourth-order valence-electron chi connectivity index (χ4n) is 3.45.